The first-order valence-electron chi connectivity index (χ1n) is 11.9. The highest BCUT2D eigenvalue weighted by atomic mass is 127. The fraction of sp³-hybridized carbons (Fsp3) is 0.250. The molecular formula is C28H26BrFIN3O3. The largest absolute Gasteiger partial charge is 0.490 e. The second-order valence-corrected chi connectivity index (χ2v) is 10.6. The van der Waals surface area contributed by atoms with E-state index in [0.717, 1.165) is 25.6 Å². The van der Waals surface area contributed by atoms with Gasteiger partial charge in [-0.2, -0.15) is 9.78 Å². The molecule has 0 aliphatic rings. The lowest BCUT2D eigenvalue weighted by Crippen LogP contribution is -2.23. The Balaban J connectivity index is 1.71. The summed E-state index contributed by atoms with van der Waals surface area (Å²) in [4.78, 5) is 18.1. The molecule has 4 rings (SSSR count). The van der Waals surface area contributed by atoms with Crippen molar-refractivity contribution in [2.45, 2.75) is 39.7 Å². The van der Waals surface area contributed by atoms with Gasteiger partial charge >= 0.3 is 0 Å². The summed E-state index contributed by atoms with van der Waals surface area (Å²) in [7, 11) is 0. The topological polar surface area (TPSA) is 65.7 Å². The number of aromatic nitrogens is 2. The van der Waals surface area contributed by atoms with Gasteiger partial charge in [-0.05, 0) is 89.5 Å². The van der Waals surface area contributed by atoms with Crippen LogP contribution < -0.4 is 15.0 Å². The molecule has 0 bridgehead atoms. The van der Waals surface area contributed by atoms with Crippen molar-refractivity contribution in [1.82, 2.24) is 9.66 Å². The number of benzene rings is 3. The summed E-state index contributed by atoms with van der Waals surface area (Å²) in [6.07, 6.45) is 2.45. The van der Waals surface area contributed by atoms with Crippen LogP contribution in [0, 0.1) is 9.39 Å². The minimum atomic E-state index is -0.290. The van der Waals surface area contributed by atoms with Crippen LogP contribution in [0.4, 0.5) is 4.39 Å². The van der Waals surface area contributed by atoms with Crippen LogP contribution in [-0.2, 0) is 6.61 Å². The molecular weight excluding hydrogens is 652 g/mol. The van der Waals surface area contributed by atoms with Gasteiger partial charge in [-0.25, -0.2) is 9.37 Å². The van der Waals surface area contributed by atoms with Crippen LogP contribution in [0.2, 0.25) is 0 Å². The number of nitrogens with zero attached hydrogens (tertiary/aromatic N) is 3. The van der Waals surface area contributed by atoms with Gasteiger partial charge in [-0.15, -0.1) is 0 Å². The normalized spacial score (nSPS) is 12.3. The third-order valence-electron chi connectivity index (χ3n) is 5.84. The first kappa shape index (κ1) is 27.3. The average molecular weight is 678 g/mol. The van der Waals surface area contributed by atoms with Gasteiger partial charge in [0.25, 0.3) is 5.56 Å². The fourth-order valence-electron chi connectivity index (χ4n) is 3.71. The molecule has 0 aliphatic heterocycles. The van der Waals surface area contributed by atoms with E-state index in [2.05, 4.69) is 50.5 Å². The van der Waals surface area contributed by atoms with E-state index in [9.17, 15) is 9.18 Å². The van der Waals surface area contributed by atoms with Gasteiger partial charge in [-0.1, -0.05) is 41.9 Å². The maximum atomic E-state index is 13.4. The van der Waals surface area contributed by atoms with E-state index in [0.29, 0.717) is 34.8 Å². The first-order valence-corrected chi connectivity index (χ1v) is 13.8. The second kappa shape index (κ2) is 12.2. The summed E-state index contributed by atoms with van der Waals surface area (Å²) < 4.78 is 28.1. The van der Waals surface area contributed by atoms with E-state index >= 15 is 0 Å². The molecule has 1 aromatic heterocycles. The van der Waals surface area contributed by atoms with E-state index < -0.39 is 0 Å². The third-order valence-corrected chi connectivity index (χ3v) is 7.13. The molecule has 37 heavy (non-hydrogen) atoms. The molecule has 1 atom stereocenters. The van der Waals surface area contributed by atoms with Crippen LogP contribution in [0.5, 0.6) is 11.5 Å². The Labute approximate surface area is 236 Å². The molecule has 0 N–H and O–H groups in total. The summed E-state index contributed by atoms with van der Waals surface area (Å²) in [6.45, 7) is 6.70. The minimum Gasteiger partial charge on any atom is -0.490 e. The van der Waals surface area contributed by atoms with E-state index in [4.69, 9.17) is 14.5 Å². The molecule has 1 heterocycles. The molecule has 0 aliphatic carbocycles. The summed E-state index contributed by atoms with van der Waals surface area (Å²) in [6, 6.07) is 15.4. The van der Waals surface area contributed by atoms with Crippen LogP contribution in [0.3, 0.4) is 0 Å². The van der Waals surface area contributed by atoms with Crippen LogP contribution in [0.25, 0.3) is 10.9 Å². The Bertz CT molecular complexity index is 1510. The van der Waals surface area contributed by atoms with Gasteiger partial charge in [0.2, 0.25) is 0 Å². The number of halogens is 3. The van der Waals surface area contributed by atoms with Crippen molar-refractivity contribution < 1.29 is 13.9 Å². The monoisotopic (exact) mass is 677 g/mol. The summed E-state index contributed by atoms with van der Waals surface area (Å²) in [5, 5.41) is 5.06. The molecule has 0 amide bonds. The van der Waals surface area contributed by atoms with E-state index in [1.54, 1.807) is 24.4 Å². The van der Waals surface area contributed by atoms with Crippen molar-refractivity contribution in [3.8, 4) is 11.5 Å². The van der Waals surface area contributed by atoms with Gasteiger partial charge in [0.1, 0.15) is 18.2 Å². The van der Waals surface area contributed by atoms with Crippen molar-refractivity contribution in [3.05, 3.63) is 95.8 Å². The predicted octanol–water partition coefficient (Wildman–Crippen LogP) is 7.28. The molecule has 192 valence electrons. The molecule has 9 heteroatoms. The van der Waals surface area contributed by atoms with Crippen molar-refractivity contribution in [2.75, 3.05) is 6.61 Å². The Hall–Kier alpha value is -2.79. The SMILES string of the molecule is CCOc1cc(C=Nn2c([C@H](C)CC)nc3ccc(Br)cc3c2=O)cc(I)c1OCc1ccc(F)cc1. The molecule has 0 spiro atoms. The van der Waals surface area contributed by atoms with Crippen molar-refractivity contribution in [2.24, 2.45) is 5.10 Å². The lowest BCUT2D eigenvalue weighted by molar-refractivity contribution is 0.267. The van der Waals surface area contributed by atoms with Gasteiger partial charge in [0, 0.05) is 10.4 Å². The summed E-state index contributed by atoms with van der Waals surface area (Å²) in [5.74, 6) is 1.52. The van der Waals surface area contributed by atoms with E-state index in [1.165, 1.54) is 16.8 Å². The van der Waals surface area contributed by atoms with E-state index in [1.807, 2.05) is 38.1 Å². The Morgan fingerprint density at radius 2 is 1.89 bits per heavy atom. The maximum absolute atomic E-state index is 13.4. The first-order chi connectivity index (χ1) is 17.8. The molecule has 0 unspecified atom stereocenters. The average Bonchev–Trinajstić information content (AvgIpc) is 2.88. The smallest absolute Gasteiger partial charge is 0.282 e. The van der Waals surface area contributed by atoms with E-state index in [-0.39, 0.29) is 23.9 Å². The zero-order chi connectivity index (χ0) is 26.5. The Morgan fingerprint density at radius 1 is 1.14 bits per heavy atom. The maximum Gasteiger partial charge on any atom is 0.282 e. The minimum absolute atomic E-state index is 0.0410. The highest BCUT2D eigenvalue weighted by Crippen LogP contribution is 2.34. The fourth-order valence-corrected chi connectivity index (χ4v) is 4.85. The highest BCUT2D eigenvalue weighted by Gasteiger charge is 2.16. The molecule has 0 fully saturated rings. The van der Waals surface area contributed by atoms with Crippen LogP contribution in [-0.4, -0.2) is 22.5 Å². The third kappa shape index (κ3) is 6.38. The van der Waals surface area contributed by atoms with Gasteiger partial charge in [0.05, 0.1) is 27.3 Å². The molecule has 3 aromatic carbocycles. The Morgan fingerprint density at radius 3 is 2.59 bits per heavy atom. The van der Waals surface area contributed by atoms with Gasteiger partial charge in [0.15, 0.2) is 11.5 Å². The summed E-state index contributed by atoms with van der Waals surface area (Å²) in [5.41, 5.74) is 2.01. The highest BCUT2D eigenvalue weighted by molar-refractivity contribution is 14.1. The summed E-state index contributed by atoms with van der Waals surface area (Å²) >= 11 is 5.62. The molecule has 0 radical (unpaired) electrons. The van der Waals surface area contributed by atoms with Gasteiger partial charge in [-0.3, -0.25) is 4.79 Å². The number of hydrogen-bond donors (Lipinski definition) is 0. The van der Waals surface area contributed by atoms with Crippen molar-refractivity contribution in [3.63, 3.8) is 0 Å². The lowest BCUT2D eigenvalue weighted by Gasteiger charge is -2.15. The number of rotatable bonds is 9. The molecule has 0 saturated carbocycles. The van der Waals surface area contributed by atoms with Crippen molar-refractivity contribution >= 4 is 55.6 Å². The van der Waals surface area contributed by atoms with Crippen LogP contribution >= 0.6 is 38.5 Å². The lowest BCUT2D eigenvalue weighted by atomic mass is 10.1. The second-order valence-electron chi connectivity index (χ2n) is 8.48. The van der Waals surface area contributed by atoms with Crippen molar-refractivity contribution in [1.29, 1.82) is 0 Å². The van der Waals surface area contributed by atoms with Crippen LogP contribution in [0.15, 0.2) is 69.0 Å². The predicted molar refractivity (Wildman–Crippen MR) is 156 cm³/mol. The standard InChI is InChI=1S/C28H26BrFIN3O3/c1-4-17(3)27-33-24-11-8-20(29)14-22(24)28(35)34(27)32-15-19-12-23(31)26(25(13-19)36-5-2)37-16-18-6-9-21(30)10-7-18/h6-15,17H,4-5,16H2,1-3H3/t17-/m1/s1. The number of hydrogen-bond acceptors (Lipinski definition) is 5. The zero-order valence-electron chi connectivity index (χ0n) is 20.7. The molecule has 4 aromatic rings. The van der Waals surface area contributed by atoms with Crippen LogP contribution in [0.1, 0.15) is 50.1 Å². The quantitative estimate of drug-likeness (QED) is 0.138. The number of ether oxygens (including phenoxy) is 2. The number of fused-ring (bicyclic) bond motifs is 1. The molecule has 0 saturated heterocycles. The zero-order valence-corrected chi connectivity index (χ0v) is 24.4. The molecule has 6 nitrogen and oxygen atoms in total. The van der Waals surface area contributed by atoms with Gasteiger partial charge < -0.3 is 9.47 Å². The Kier molecular flexibility index (Phi) is 8.96.